The Labute approximate surface area is 167 Å². The number of rotatable bonds is 4. The first-order chi connectivity index (χ1) is 13.8. The van der Waals surface area contributed by atoms with Crippen molar-refractivity contribution in [2.75, 3.05) is 4.90 Å². The average molecular weight is 367 g/mol. The molecular weight excluding hydrogens is 340 g/mol. The Balaban J connectivity index is 1.68. The first kappa shape index (κ1) is 17.2. The summed E-state index contributed by atoms with van der Waals surface area (Å²) in [5.74, 6) is 1.16. The summed E-state index contributed by atoms with van der Waals surface area (Å²) in [4.78, 5) is 7.63. The van der Waals surface area contributed by atoms with E-state index in [2.05, 4.69) is 91.5 Å². The van der Waals surface area contributed by atoms with E-state index in [0.717, 1.165) is 5.84 Å². The summed E-state index contributed by atoms with van der Waals surface area (Å²) >= 11 is 0. The first-order valence-corrected chi connectivity index (χ1v) is 10.4. The number of fused-ring (bicyclic) bond motifs is 6. The zero-order chi connectivity index (χ0) is 19.1. The standard InChI is InChI=1S/C26H26N2/c1-3-4-14-24-18(2)27-26-22-13-9-8-12-21(22)23-17-20(15-16-25(23)28(24)26)19-10-6-5-7-11-19/h5-13,15-18,24H,3-4,14H2,1-2H3. The van der Waals surface area contributed by atoms with Crippen molar-refractivity contribution in [2.24, 2.45) is 4.99 Å². The van der Waals surface area contributed by atoms with E-state index in [1.165, 1.54) is 52.8 Å². The van der Waals surface area contributed by atoms with Crippen LogP contribution in [0.1, 0.15) is 38.7 Å². The molecule has 140 valence electrons. The number of benzene rings is 3. The van der Waals surface area contributed by atoms with Crippen molar-refractivity contribution in [1.29, 1.82) is 0 Å². The molecule has 3 aromatic rings. The molecule has 2 nitrogen and oxygen atoms in total. The van der Waals surface area contributed by atoms with Gasteiger partial charge in [0.15, 0.2) is 0 Å². The molecule has 0 amide bonds. The molecular formula is C26H26N2. The van der Waals surface area contributed by atoms with Gasteiger partial charge in [-0.05, 0) is 42.2 Å². The van der Waals surface area contributed by atoms with Gasteiger partial charge in [0, 0.05) is 11.1 Å². The number of aliphatic imine (C=N–C) groups is 1. The van der Waals surface area contributed by atoms with Crippen molar-refractivity contribution in [3.05, 3.63) is 78.4 Å². The minimum absolute atomic E-state index is 0.328. The third-order valence-electron chi connectivity index (χ3n) is 6.12. The molecule has 2 heterocycles. The normalized spacial score (nSPS) is 19.6. The molecule has 2 aliphatic heterocycles. The third-order valence-corrected chi connectivity index (χ3v) is 6.12. The van der Waals surface area contributed by atoms with E-state index in [-0.39, 0.29) is 0 Å². The van der Waals surface area contributed by atoms with Gasteiger partial charge in [0.1, 0.15) is 5.84 Å². The summed E-state index contributed by atoms with van der Waals surface area (Å²) < 4.78 is 0. The summed E-state index contributed by atoms with van der Waals surface area (Å²) in [5, 5.41) is 0. The minimum atomic E-state index is 0.328. The summed E-state index contributed by atoms with van der Waals surface area (Å²) in [5.41, 5.74) is 7.74. The Morgan fingerprint density at radius 3 is 2.36 bits per heavy atom. The van der Waals surface area contributed by atoms with Crippen LogP contribution in [0.4, 0.5) is 5.69 Å². The highest BCUT2D eigenvalue weighted by Crippen LogP contribution is 2.45. The third kappa shape index (κ3) is 2.67. The molecule has 3 aromatic carbocycles. The maximum absolute atomic E-state index is 5.11. The molecule has 0 aliphatic carbocycles. The Morgan fingerprint density at radius 1 is 0.821 bits per heavy atom. The molecule has 0 bridgehead atoms. The van der Waals surface area contributed by atoms with Crippen LogP contribution in [0.25, 0.3) is 22.3 Å². The molecule has 2 aliphatic rings. The minimum Gasteiger partial charge on any atom is -0.320 e. The predicted molar refractivity (Wildman–Crippen MR) is 119 cm³/mol. The van der Waals surface area contributed by atoms with Gasteiger partial charge in [-0.1, -0.05) is 80.4 Å². The largest absolute Gasteiger partial charge is 0.320 e. The van der Waals surface area contributed by atoms with E-state index in [1.54, 1.807) is 0 Å². The number of unbranched alkanes of at least 4 members (excludes halogenated alkanes) is 1. The van der Waals surface area contributed by atoms with Crippen molar-refractivity contribution in [1.82, 2.24) is 0 Å². The van der Waals surface area contributed by atoms with Gasteiger partial charge < -0.3 is 4.90 Å². The Bertz CT molecular complexity index is 1040. The van der Waals surface area contributed by atoms with E-state index in [4.69, 9.17) is 4.99 Å². The number of nitrogens with zero attached hydrogens (tertiary/aromatic N) is 2. The second-order valence-electron chi connectivity index (χ2n) is 7.92. The molecule has 0 saturated carbocycles. The fraction of sp³-hybridized carbons (Fsp3) is 0.269. The van der Waals surface area contributed by atoms with Gasteiger partial charge in [0.2, 0.25) is 0 Å². The van der Waals surface area contributed by atoms with Crippen molar-refractivity contribution in [3.8, 4) is 22.3 Å². The lowest BCUT2D eigenvalue weighted by molar-refractivity contribution is 0.528. The van der Waals surface area contributed by atoms with E-state index in [0.29, 0.717) is 12.1 Å². The quantitative estimate of drug-likeness (QED) is 0.511. The molecule has 0 radical (unpaired) electrons. The number of amidine groups is 1. The van der Waals surface area contributed by atoms with Crippen LogP contribution in [0.2, 0.25) is 0 Å². The molecule has 2 unspecified atom stereocenters. The van der Waals surface area contributed by atoms with Gasteiger partial charge in [-0.2, -0.15) is 0 Å². The Morgan fingerprint density at radius 2 is 1.57 bits per heavy atom. The fourth-order valence-corrected chi connectivity index (χ4v) is 4.67. The number of anilines is 1. The fourth-order valence-electron chi connectivity index (χ4n) is 4.67. The second-order valence-corrected chi connectivity index (χ2v) is 7.92. The summed E-state index contributed by atoms with van der Waals surface area (Å²) in [6.07, 6.45) is 3.66. The van der Waals surface area contributed by atoms with Crippen LogP contribution in [-0.2, 0) is 0 Å². The highest BCUT2D eigenvalue weighted by Gasteiger charge is 2.39. The van der Waals surface area contributed by atoms with Crippen molar-refractivity contribution >= 4 is 11.5 Å². The topological polar surface area (TPSA) is 15.6 Å². The highest BCUT2D eigenvalue weighted by molar-refractivity contribution is 6.20. The van der Waals surface area contributed by atoms with E-state index in [9.17, 15) is 0 Å². The van der Waals surface area contributed by atoms with Crippen LogP contribution in [0, 0.1) is 0 Å². The second kappa shape index (κ2) is 6.94. The van der Waals surface area contributed by atoms with Crippen LogP contribution in [0.3, 0.4) is 0 Å². The van der Waals surface area contributed by atoms with E-state index < -0.39 is 0 Å². The maximum atomic E-state index is 5.11. The summed E-state index contributed by atoms with van der Waals surface area (Å²) in [6.45, 7) is 4.54. The van der Waals surface area contributed by atoms with Gasteiger partial charge in [-0.3, -0.25) is 4.99 Å². The van der Waals surface area contributed by atoms with Crippen LogP contribution in [0.15, 0.2) is 77.8 Å². The zero-order valence-corrected chi connectivity index (χ0v) is 16.6. The van der Waals surface area contributed by atoms with Gasteiger partial charge in [-0.15, -0.1) is 0 Å². The lowest BCUT2D eigenvalue weighted by Crippen LogP contribution is -2.41. The monoisotopic (exact) mass is 366 g/mol. The summed E-state index contributed by atoms with van der Waals surface area (Å²) in [6, 6.07) is 27.1. The van der Waals surface area contributed by atoms with E-state index in [1.807, 2.05) is 0 Å². The van der Waals surface area contributed by atoms with Crippen LogP contribution >= 0.6 is 0 Å². The van der Waals surface area contributed by atoms with Crippen LogP contribution in [-0.4, -0.2) is 17.9 Å². The number of hydrogen-bond acceptors (Lipinski definition) is 2. The lowest BCUT2D eigenvalue weighted by atomic mass is 9.89. The van der Waals surface area contributed by atoms with Gasteiger partial charge >= 0.3 is 0 Å². The number of hydrogen-bond donors (Lipinski definition) is 0. The highest BCUT2D eigenvalue weighted by atomic mass is 15.3. The van der Waals surface area contributed by atoms with Crippen molar-refractivity contribution in [2.45, 2.75) is 45.2 Å². The predicted octanol–water partition coefficient (Wildman–Crippen LogP) is 6.55. The zero-order valence-electron chi connectivity index (χ0n) is 16.6. The Kier molecular flexibility index (Phi) is 4.27. The maximum Gasteiger partial charge on any atom is 0.136 e. The van der Waals surface area contributed by atoms with Crippen LogP contribution < -0.4 is 4.90 Å². The molecule has 5 rings (SSSR count). The van der Waals surface area contributed by atoms with Gasteiger partial charge in [0.25, 0.3) is 0 Å². The lowest BCUT2D eigenvalue weighted by Gasteiger charge is -2.36. The average Bonchev–Trinajstić information content (AvgIpc) is 3.09. The summed E-state index contributed by atoms with van der Waals surface area (Å²) in [7, 11) is 0. The molecule has 0 saturated heterocycles. The van der Waals surface area contributed by atoms with E-state index >= 15 is 0 Å². The first-order valence-electron chi connectivity index (χ1n) is 10.4. The molecule has 0 N–H and O–H groups in total. The Hall–Kier alpha value is -2.87. The van der Waals surface area contributed by atoms with Crippen LogP contribution in [0.5, 0.6) is 0 Å². The molecule has 0 spiro atoms. The molecule has 2 heteroatoms. The molecule has 2 atom stereocenters. The van der Waals surface area contributed by atoms with Gasteiger partial charge in [0.05, 0.1) is 17.8 Å². The molecule has 28 heavy (non-hydrogen) atoms. The van der Waals surface area contributed by atoms with Gasteiger partial charge in [-0.25, -0.2) is 0 Å². The molecule has 0 fully saturated rings. The smallest absolute Gasteiger partial charge is 0.136 e. The molecule has 0 aromatic heterocycles. The SMILES string of the molecule is CCCCC1C(C)N=C2c3ccccc3-c3cc(-c4ccccc4)ccc3N21. The van der Waals surface area contributed by atoms with Crippen molar-refractivity contribution < 1.29 is 0 Å². The van der Waals surface area contributed by atoms with Crippen molar-refractivity contribution in [3.63, 3.8) is 0 Å².